The quantitative estimate of drug-likeness (QED) is 0.324. The molecule has 3 rings (SSSR count). The monoisotopic (exact) mass is 403 g/mol. The van der Waals surface area contributed by atoms with Crippen LogP contribution in [0.5, 0.6) is 5.75 Å². The highest BCUT2D eigenvalue weighted by molar-refractivity contribution is 7.19. The SMILES string of the molecule is C[C@@H](OC(=O)/C=C/c1nc2ccccc2s1)C(=O)c1ccc(OC(F)F)cc1. The summed E-state index contributed by atoms with van der Waals surface area (Å²) in [6, 6.07) is 12.8. The van der Waals surface area contributed by atoms with Crippen LogP contribution in [0.3, 0.4) is 0 Å². The molecule has 0 aliphatic rings. The number of esters is 1. The van der Waals surface area contributed by atoms with Crippen molar-refractivity contribution in [3.05, 3.63) is 65.2 Å². The molecule has 0 fully saturated rings. The molecule has 144 valence electrons. The first kappa shape index (κ1) is 19.6. The van der Waals surface area contributed by atoms with Gasteiger partial charge in [0.25, 0.3) is 0 Å². The van der Waals surface area contributed by atoms with Crippen LogP contribution in [-0.4, -0.2) is 29.5 Å². The second-order valence-corrected chi connectivity index (χ2v) is 6.76. The Morgan fingerprint density at radius 3 is 2.50 bits per heavy atom. The molecule has 8 heteroatoms. The van der Waals surface area contributed by atoms with E-state index >= 15 is 0 Å². The van der Waals surface area contributed by atoms with E-state index in [-0.39, 0.29) is 11.3 Å². The second kappa shape index (κ2) is 8.71. The summed E-state index contributed by atoms with van der Waals surface area (Å²) in [6.45, 7) is -1.50. The number of carbonyl (C=O) groups is 2. The summed E-state index contributed by atoms with van der Waals surface area (Å²) in [6.07, 6.45) is 1.70. The smallest absolute Gasteiger partial charge is 0.387 e. The Hall–Kier alpha value is -3.13. The molecule has 0 spiro atoms. The van der Waals surface area contributed by atoms with E-state index in [1.807, 2.05) is 24.3 Å². The Morgan fingerprint density at radius 1 is 1.11 bits per heavy atom. The molecular formula is C20H15F2NO4S. The molecule has 1 heterocycles. The maximum absolute atomic E-state index is 12.3. The fourth-order valence-corrected chi connectivity index (χ4v) is 3.27. The number of thiazole rings is 1. The van der Waals surface area contributed by atoms with Gasteiger partial charge in [-0.25, -0.2) is 9.78 Å². The summed E-state index contributed by atoms with van der Waals surface area (Å²) < 4.78 is 34.6. The van der Waals surface area contributed by atoms with Crippen LogP contribution < -0.4 is 4.74 Å². The second-order valence-electron chi connectivity index (χ2n) is 5.70. The average Bonchev–Trinajstić information content (AvgIpc) is 3.09. The number of para-hydroxylation sites is 1. The molecule has 1 atom stereocenters. The van der Waals surface area contributed by atoms with Gasteiger partial charge in [-0.2, -0.15) is 8.78 Å². The maximum Gasteiger partial charge on any atom is 0.387 e. The number of benzene rings is 2. The largest absolute Gasteiger partial charge is 0.451 e. The van der Waals surface area contributed by atoms with E-state index in [0.29, 0.717) is 5.01 Å². The third-order valence-electron chi connectivity index (χ3n) is 3.70. The molecule has 0 bridgehead atoms. The standard InChI is InChI=1S/C20H15F2NO4S/c1-12(19(25)13-6-8-14(9-7-13)27-20(21)22)26-18(24)11-10-17-23-15-4-2-3-5-16(15)28-17/h2-12,20H,1H3/b11-10+/t12-/m1/s1. The number of ketones is 1. The highest BCUT2D eigenvalue weighted by atomic mass is 32.1. The lowest BCUT2D eigenvalue weighted by atomic mass is 10.1. The van der Waals surface area contributed by atoms with Gasteiger partial charge in [0, 0.05) is 11.6 Å². The fraction of sp³-hybridized carbons (Fsp3) is 0.150. The number of alkyl halides is 2. The van der Waals surface area contributed by atoms with Crippen molar-refractivity contribution < 1.29 is 27.8 Å². The Bertz CT molecular complexity index is 981. The van der Waals surface area contributed by atoms with Gasteiger partial charge in [0.15, 0.2) is 6.10 Å². The molecule has 5 nitrogen and oxygen atoms in total. The molecule has 0 aliphatic heterocycles. The topological polar surface area (TPSA) is 65.5 Å². The van der Waals surface area contributed by atoms with Crippen molar-refractivity contribution >= 4 is 39.4 Å². The van der Waals surface area contributed by atoms with Gasteiger partial charge in [0.1, 0.15) is 10.8 Å². The number of fused-ring (bicyclic) bond motifs is 1. The average molecular weight is 403 g/mol. The van der Waals surface area contributed by atoms with Gasteiger partial charge in [-0.05, 0) is 49.4 Å². The minimum Gasteiger partial charge on any atom is -0.451 e. The normalized spacial score (nSPS) is 12.4. The van der Waals surface area contributed by atoms with Gasteiger partial charge in [-0.15, -0.1) is 11.3 Å². The van der Waals surface area contributed by atoms with Crippen molar-refractivity contribution in [3.63, 3.8) is 0 Å². The van der Waals surface area contributed by atoms with E-state index in [4.69, 9.17) is 4.74 Å². The molecule has 28 heavy (non-hydrogen) atoms. The zero-order valence-corrected chi connectivity index (χ0v) is 15.5. The van der Waals surface area contributed by atoms with E-state index in [9.17, 15) is 18.4 Å². The van der Waals surface area contributed by atoms with Gasteiger partial charge in [0.2, 0.25) is 5.78 Å². The predicted octanol–water partition coefficient (Wildman–Crippen LogP) is 4.73. The zero-order chi connectivity index (χ0) is 20.1. The molecular weight excluding hydrogens is 388 g/mol. The van der Waals surface area contributed by atoms with Crippen LogP contribution in [0.2, 0.25) is 0 Å². The predicted molar refractivity (Wildman–Crippen MR) is 102 cm³/mol. The van der Waals surface area contributed by atoms with Crippen LogP contribution >= 0.6 is 11.3 Å². The number of nitrogens with zero attached hydrogens (tertiary/aromatic N) is 1. The van der Waals surface area contributed by atoms with Crippen molar-refractivity contribution in [2.75, 3.05) is 0 Å². The van der Waals surface area contributed by atoms with Crippen molar-refractivity contribution in [2.45, 2.75) is 19.6 Å². The highest BCUT2D eigenvalue weighted by Gasteiger charge is 2.19. The van der Waals surface area contributed by atoms with Gasteiger partial charge in [-0.3, -0.25) is 4.79 Å². The molecule has 3 aromatic rings. The molecule has 0 saturated heterocycles. The Balaban J connectivity index is 1.59. The van der Waals surface area contributed by atoms with Crippen molar-refractivity contribution in [1.82, 2.24) is 4.98 Å². The summed E-state index contributed by atoms with van der Waals surface area (Å²) >= 11 is 1.43. The molecule has 0 amide bonds. The lowest BCUT2D eigenvalue weighted by molar-refractivity contribution is -0.140. The number of aromatic nitrogens is 1. The third-order valence-corrected chi connectivity index (χ3v) is 4.70. The van der Waals surface area contributed by atoms with Crippen molar-refractivity contribution in [3.8, 4) is 5.75 Å². The molecule has 2 aromatic carbocycles. The number of halogens is 2. The van der Waals surface area contributed by atoms with Crippen molar-refractivity contribution in [2.24, 2.45) is 0 Å². The Kier molecular flexibility index (Phi) is 6.10. The Morgan fingerprint density at radius 2 is 1.82 bits per heavy atom. The van der Waals surface area contributed by atoms with Gasteiger partial charge >= 0.3 is 12.6 Å². The Labute approximate surface area is 163 Å². The van der Waals surface area contributed by atoms with Gasteiger partial charge < -0.3 is 9.47 Å². The van der Waals surface area contributed by atoms with Crippen LogP contribution in [0.1, 0.15) is 22.3 Å². The first-order valence-electron chi connectivity index (χ1n) is 8.26. The number of ether oxygens (including phenoxy) is 2. The molecule has 0 unspecified atom stereocenters. The lowest BCUT2D eigenvalue weighted by Crippen LogP contribution is -2.23. The van der Waals surface area contributed by atoms with Crippen LogP contribution in [0.4, 0.5) is 8.78 Å². The summed E-state index contributed by atoms with van der Waals surface area (Å²) in [5.41, 5.74) is 1.06. The summed E-state index contributed by atoms with van der Waals surface area (Å²) in [7, 11) is 0. The first-order chi connectivity index (χ1) is 13.4. The van der Waals surface area contributed by atoms with E-state index in [1.165, 1.54) is 54.7 Å². The maximum atomic E-state index is 12.3. The number of Topliss-reactive ketones (excluding diaryl/α,β-unsaturated/α-hetero) is 1. The lowest BCUT2D eigenvalue weighted by Gasteiger charge is -2.11. The van der Waals surface area contributed by atoms with Gasteiger partial charge in [-0.1, -0.05) is 12.1 Å². The van der Waals surface area contributed by atoms with E-state index in [0.717, 1.165) is 10.2 Å². The minimum absolute atomic E-state index is 0.0602. The molecule has 1 aromatic heterocycles. The minimum atomic E-state index is -2.94. The molecule has 0 radical (unpaired) electrons. The molecule has 0 saturated carbocycles. The summed E-state index contributed by atoms with van der Waals surface area (Å²) in [5, 5.41) is 0.645. The number of rotatable bonds is 7. The van der Waals surface area contributed by atoms with Crippen molar-refractivity contribution in [1.29, 1.82) is 0 Å². The summed E-state index contributed by atoms with van der Waals surface area (Å²) in [4.78, 5) is 28.6. The van der Waals surface area contributed by atoms with Crippen LogP contribution in [0.25, 0.3) is 16.3 Å². The number of carbonyl (C=O) groups excluding carboxylic acids is 2. The molecule has 0 N–H and O–H groups in total. The van der Waals surface area contributed by atoms with Crippen LogP contribution in [0.15, 0.2) is 54.6 Å². The molecule has 0 aliphatic carbocycles. The van der Waals surface area contributed by atoms with E-state index in [1.54, 1.807) is 0 Å². The van der Waals surface area contributed by atoms with E-state index in [2.05, 4.69) is 9.72 Å². The summed E-state index contributed by atoms with van der Waals surface area (Å²) in [5.74, 6) is -1.20. The zero-order valence-electron chi connectivity index (χ0n) is 14.7. The fourth-order valence-electron chi connectivity index (χ4n) is 2.40. The van der Waals surface area contributed by atoms with Crippen LogP contribution in [0, 0.1) is 0 Å². The van der Waals surface area contributed by atoms with Crippen LogP contribution in [-0.2, 0) is 9.53 Å². The highest BCUT2D eigenvalue weighted by Crippen LogP contribution is 2.22. The number of hydrogen-bond acceptors (Lipinski definition) is 6. The number of hydrogen-bond donors (Lipinski definition) is 0. The van der Waals surface area contributed by atoms with Gasteiger partial charge in [0.05, 0.1) is 10.2 Å². The third kappa shape index (κ3) is 4.98. The van der Waals surface area contributed by atoms with E-state index < -0.39 is 24.5 Å². The first-order valence-corrected chi connectivity index (χ1v) is 9.07.